The summed E-state index contributed by atoms with van der Waals surface area (Å²) in [5.41, 5.74) is 0.985. The number of aliphatic hydroxyl groups excluding tert-OH is 1. The van der Waals surface area contributed by atoms with Gasteiger partial charge in [0.15, 0.2) is 0 Å². The van der Waals surface area contributed by atoms with E-state index in [0.29, 0.717) is 24.2 Å². The molecule has 33 heavy (non-hydrogen) atoms. The van der Waals surface area contributed by atoms with Gasteiger partial charge in [0.25, 0.3) is 0 Å². The van der Waals surface area contributed by atoms with E-state index in [1.165, 1.54) is 12.7 Å². The Balaban J connectivity index is 1.92. The average Bonchev–Trinajstić information content (AvgIpc) is 3.40. The van der Waals surface area contributed by atoms with Crippen molar-refractivity contribution in [2.75, 3.05) is 14.2 Å². The van der Waals surface area contributed by atoms with Gasteiger partial charge in [-0.3, -0.25) is 4.79 Å². The monoisotopic (exact) mass is 466 g/mol. The third kappa shape index (κ3) is 7.38. The quantitative estimate of drug-likeness (QED) is 0.270. The predicted molar refractivity (Wildman–Crippen MR) is 130 cm³/mol. The maximum absolute atomic E-state index is 11.7. The number of carbonyl (C=O) groups excluding carboxylic acids is 1. The zero-order valence-corrected chi connectivity index (χ0v) is 22.0. The maximum atomic E-state index is 11.7. The molecule has 0 saturated carbocycles. The van der Waals surface area contributed by atoms with E-state index in [9.17, 15) is 9.90 Å². The second-order valence-electron chi connectivity index (χ2n) is 10.7. The largest absolute Gasteiger partial charge is 0.469 e. The lowest BCUT2D eigenvalue weighted by Gasteiger charge is -2.39. The van der Waals surface area contributed by atoms with E-state index >= 15 is 0 Å². The molecule has 2 aliphatic heterocycles. The summed E-state index contributed by atoms with van der Waals surface area (Å²) in [5.74, 6) is 0.993. The van der Waals surface area contributed by atoms with Gasteiger partial charge in [-0.25, -0.2) is 0 Å². The molecular weight excluding hydrogens is 420 g/mol. The Hall–Kier alpha value is -1.21. The third-order valence-corrected chi connectivity index (χ3v) is 7.47. The summed E-state index contributed by atoms with van der Waals surface area (Å²) in [6, 6.07) is 0. The molecule has 0 aromatic heterocycles. The van der Waals surface area contributed by atoms with Crippen molar-refractivity contribution in [3.05, 3.63) is 23.8 Å². The maximum Gasteiger partial charge on any atom is 0.308 e. The van der Waals surface area contributed by atoms with E-state index in [2.05, 4.69) is 59.8 Å². The minimum Gasteiger partial charge on any atom is -0.469 e. The summed E-state index contributed by atoms with van der Waals surface area (Å²) in [7, 11) is 3.06. The topological polar surface area (TPSA) is 77.5 Å². The van der Waals surface area contributed by atoms with Crippen LogP contribution in [0.1, 0.15) is 67.7 Å². The Morgan fingerprint density at radius 2 is 1.88 bits per heavy atom. The summed E-state index contributed by atoms with van der Waals surface area (Å²) in [4.78, 5) is 11.7. The Labute approximate surface area is 200 Å². The fourth-order valence-electron chi connectivity index (χ4n) is 5.68. The van der Waals surface area contributed by atoms with Crippen molar-refractivity contribution >= 4 is 5.97 Å². The zero-order valence-electron chi connectivity index (χ0n) is 22.0. The van der Waals surface area contributed by atoms with Crippen molar-refractivity contribution in [1.82, 2.24) is 0 Å². The van der Waals surface area contributed by atoms with Crippen LogP contribution in [0, 0.1) is 23.7 Å². The van der Waals surface area contributed by atoms with Crippen LogP contribution in [0.15, 0.2) is 23.8 Å². The number of esters is 1. The van der Waals surface area contributed by atoms with E-state index in [4.69, 9.17) is 18.9 Å². The third-order valence-electron chi connectivity index (χ3n) is 7.47. The van der Waals surface area contributed by atoms with Crippen LogP contribution in [0.5, 0.6) is 0 Å². The first-order valence-corrected chi connectivity index (χ1v) is 12.4. The molecule has 190 valence electrons. The molecule has 2 fully saturated rings. The van der Waals surface area contributed by atoms with Crippen LogP contribution in [0.25, 0.3) is 0 Å². The van der Waals surface area contributed by atoms with Gasteiger partial charge in [0.2, 0.25) is 0 Å². The van der Waals surface area contributed by atoms with E-state index in [1.54, 1.807) is 14.0 Å². The molecule has 1 N–H and O–H groups in total. The smallest absolute Gasteiger partial charge is 0.308 e. The van der Waals surface area contributed by atoms with E-state index in [-0.39, 0.29) is 41.9 Å². The fourth-order valence-corrected chi connectivity index (χ4v) is 5.68. The van der Waals surface area contributed by atoms with Gasteiger partial charge in [-0.1, -0.05) is 45.9 Å². The van der Waals surface area contributed by atoms with Gasteiger partial charge < -0.3 is 24.1 Å². The van der Waals surface area contributed by atoms with Crippen LogP contribution in [0.3, 0.4) is 0 Å². The first-order chi connectivity index (χ1) is 15.4. The predicted octanol–water partition coefficient (Wildman–Crippen LogP) is 4.70. The number of ether oxygens (including phenoxy) is 4. The summed E-state index contributed by atoms with van der Waals surface area (Å²) >= 11 is 0. The number of methoxy groups -OCH3 is 2. The molecule has 2 aliphatic rings. The highest BCUT2D eigenvalue weighted by Crippen LogP contribution is 2.47. The molecule has 2 saturated heterocycles. The summed E-state index contributed by atoms with van der Waals surface area (Å²) in [6.45, 7) is 14.7. The number of hydrogen-bond donors (Lipinski definition) is 1. The highest BCUT2D eigenvalue weighted by molar-refractivity contribution is 5.69. The Morgan fingerprint density at radius 3 is 2.45 bits per heavy atom. The van der Waals surface area contributed by atoms with Crippen LogP contribution in [-0.4, -0.2) is 61.4 Å². The van der Waals surface area contributed by atoms with Crippen molar-refractivity contribution in [1.29, 1.82) is 0 Å². The summed E-state index contributed by atoms with van der Waals surface area (Å²) in [5, 5.41) is 9.96. The Kier molecular flexibility index (Phi) is 10.2. The minimum absolute atomic E-state index is 0.0109. The molecule has 0 bridgehead atoms. The number of carbonyl (C=O) groups is 1. The number of epoxide rings is 1. The molecular formula is C27H46O6. The average molecular weight is 467 g/mol. The number of hydrogen-bond acceptors (Lipinski definition) is 6. The van der Waals surface area contributed by atoms with E-state index < -0.39 is 6.10 Å². The molecule has 0 radical (unpaired) electrons. The van der Waals surface area contributed by atoms with Crippen molar-refractivity contribution in [3.8, 4) is 0 Å². The summed E-state index contributed by atoms with van der Waals surface area (Å²) < 4.78 is 22.7. The lowest BCUT2D eigenvalue weighted by molar-refractivity contribution is -0.150. The lowest BCUT2D eigenvalue weighted by Crippen LogP contribution is -2.41. The SMILES string of the molecule is COC(=O)C[C@@H]1O[C@H](/C(C)=C/C=C/[C@@H](C)C[C@@]2(C)O[C@@H]2[C@H](C)[C@@H](OC)[C@@H](C)O)[C@@H](C)C[C@H]1C. The van der Waals surface area contributed by atoms with Gasteiger partial charge in [-0.05, 0) is 56.9 Å². The molecule has 0 aromatic carbocycles. The highest BCUT2D eigenvalue weighted by Gasteiger charge is 2.56. The van der Waals surface area contributed by atoms with Crippen LogP contribution < -0.4 is 0 Å². The highest BCUT2D eigenvalue weighted by atomic mass is 16.6. The van der Waals surface area contributed by atoms with Crippen molar-refractivity contribution in [2.45, 2.75) is 104 Å². The molecule has 6 heteroatoms. The van der Waals surface area contributed by atoms with Crippen LogP contribution in [0.4, 0.5) is 0 Å². The van der Waals surface area contributed by atoms with Gasteiger partial charge in [-0.15, -0.1) is 0 Å². The Bertz CT molecular complexity index is 701. The summed E-state index contributed by atoms with van der Waals surface area (Å²) in [6.07, 6.45) is 7.95. The number of rotatable bonds is 11. The van der Waals surface area contributed by atoms with Crippen LogP contribution >= 0.6 is 0 Å². The normalized spacial score (nSPS) is 36.3. The van der Waals surface area contributed by atoms with E-state index in [0.717, 1.165) is 12.8 Å². The van der Waals surface area contributed by atoms with Crippen LogP contribution in [-0.2, 0) is 23.7 Å². The van der Waals surface area contributed by atoms with Crippen molar-refractivity contribution in [3.63, 3.8) is 0 Å². The zero-order chi connectivity index (χ0) is 24.9. The lowest BCUT2D eigenvalue weighted by atomic mass is 9.82. The first-order valence-electron chi connectivity index (χ1n) is 12.4. The second-order valence-corrected chi connectivity index (χ2v) is 10.7. The molecule has 0 unspecified atom stereocenters. The molecule has 10 atom stereocenters. The van der Waals surface area contributed by atoms with Gasteiger partial charge in [0, 0.05) is 13.0 Å². The molecule has 0 aliphatic carbocycles. The van der Waals surface area contributed by atoms with Gasteiger partial charge in [0.1, 0.15) is 0 Å². The van der Waals surface area contributed by atoms with Gasteiger partial charge in [-0.2, -0.15) is 0 Å². The standard InChI is InChI=1S/C27H46O6/c1-16(15-27(7)26(33-27)20(5)25(31-9)21(6)28)11-10-12-17(2)24-19(4)13-18(3)22(32-24)14-23(29)30-8/h10-12,16,18-22,24-26,28H,13-15H2,1-9H3/b11-10+,17-12+/t16-,18-,19+,20-,21-,22+,24-,25-,26-,27-/m1/s1. The van der Waals surface area contributed by atoms with E-state index in [1.807, 2.05) is 0 Å². The first kappa shape index (κ1) is 28.0. The molecule has 2 rings (SSSR count). The molecule has 0 aromatic rings. The molecule has 0 amide bonds. The second kappa shape index (κ2) is 12.0. The fraction of sp³-hybridized carbons (Fsp3) is 0.815. The van der Waals surface area contributed by atoms with Gasteiger partial charge in [0.05, 0.1) is 49.7 Å². The number of aliphatic hydroxyl groups is 1. The molecule has 0 spiro atoms. The van der Waals surface area contributed by atoms with Crippen molar-refractivity contribution < 1.29 is 28.8 Å². The van der Waals surface area contributed by atoms with Gasteiger partial charge >= 0.3 is 5.97 Å². The molecule has 2 heterocycles. The van der Waals surface area contributed by atoms with Crippen molar-refractivity contribution in [2.24, 2.45) is 23.7 Å². The number of allylic oxidation sites excluding steroid dienone is 3. The minimum atomic E-state index is -0.525. The van der Waals surface area contributed by atoms with Crippen LogP contribution in [0.2, 0.25) is 0 Å². The molecule has 6 nitrogen and oxygen atoms in total. The Morgan fingerprint density at radius 1 is 1.21 bits per heavy atom.